The molecule has 14 atom stereocenters. The van der Waals surface area contributed by atoms with Gasteiger partial charge in [0.15, 0.2) is 5.79 Å². The fourth-order valence-corrected chi connectivity index (χ4v) is 10.3. The lowest BCUT2D eigenvalue weighted by atomic mass is 9.44. The lowest BCUT2D eigenvalue weighted by molar-refractivity contribution is -0.282. The average molecular weight is 449 g/mol. The number of hydrogen-bond acceptors (Lipinski definition) is 5. The zero-order valence-electron chi connectivity index (χ0n) is 20.4. The second kappa shape index (κ2) is 7.16. The number of hydrogen-bond donors (Lipinski definition) is 3. The van der Waals surface area contributed by atoms with Crippen LogP contribution in [0.25, 0.3) is 0 Å². The standard InChI is InChI=1S/C27H44O5/c1-14-7-10-27(31-13-14)15(2)21-24(32-27)23(30)22-17-6-5-16-11-19(28)20(29)12-26(16,4)18(17)8-9-25(21,22)3/h14-24,28-30H,5-13H2,1-4H3/t14-,15+,16-,17-,18+,19-,20-,21+,22-,23+,24-,25-,26+,27-/m1/s1. The van der Waals surface area contributed by atoms with Crippen LogP contribution in [0.5, 0.6) is 0 Å². The second-order valence-electron chi connectivity index (χ2n) is 13.3. The summed E-state index contributed by atoms with van der Waals surface area (Å²) in [5.41, 5.74) is 0.146. The maximum absolute atomic E-state index is 11.8. The van der Waals surface area contributed by atoms with Crippen molar-refractivity contribution in [1.82, 2.24) is 0 Å². The van der Waals surface area contributed by atoms with Crippen molar-refractivity contribution in [2.45, 2.75) is 109 Å². The molecule has 3 N–H and O–H groups in total. The summed E-state index contributed by atoms with van der Waals surface area (Å²) < 4.78 is 13.1. The molecule has 4 saturated carbocycles. The van der Waals surface area contributed by atoms with E-state index < -0.39 is 24.1 Å². The summed E-state index contributed by atoms with van der Waals surface area (Å²) in [6, 6.07) is 0. The maximum Gasteiger partial charge on any atom is 0.171 e. The van der Waals surface area contributed by atoms with Gasteiger partial charge < -0.3 is 24.8 Å². The van der Waals surface area contributed by atoms with Crippen molar-refractivity contribution in [1.29, 1.82) is 0 Å². The van der Waals surface area contributed by atoms with Crippen molar-refractivity contribution in [2.24, 2.45) is 52.3 Å². The first-order valence-corrected chi connectivity index (χ1v) is 13.5. The molecule has 4 aliphatic carbocycles. The Kier molecular flexibility index (Phi) is 4.99. The van der Waals surface area contributed by atoms with E-state index in [0.29, 0.717) is 41.9 Å². The first-order valence-electron chi connectivity index (χ1n) is 13.5. The summed E-state index contributed by atoms with van der Waals surface area (Å²) in [5.74, 6) is 2.49. The third-order valence-electron chi connectivity index (χ3n) is 12.0. The molecule has 0 aromatic heterocycles. The van der Waals surface area contributed by atoms with Crippen LogP contribution in [-0.2, 0) is 9.47 Å². The normalized spacial score (nSPS) is 64.0. The molecule has 32 heavy (non-hydrogen) atoms. The smallest absolute Gasteiger partial charge is 0.171 e. The Morgan fingerprint density at radius 2 is 1.62 bits per heavy atom. The molecule has 2 heterocycles. The predicted octanol–water partition coefficient (Wildman–Crippen LogP) is 3.74. The van der Waals surface area contributed by atoms with Crippen LogP contribution in [0.3, 0.4) is 0 Å². The molecule has 6 aliphatic rings. The zero-order chi connectivity index (χ0) is 22.6. The Morgan fingerprint density at radius 3 is 2.34 bits per heavy atom. The van der Waals surface area contributed by atoms with Gasteiger partial charge in [-0.15, -0.1) is 0 Å². The Labute approximate surface area is 193 Å². The quantitative estimate of drug-likeness (QED) is 0.526. The minimum absolute atomic E-state index is 0.0661. The molecule has 1 spiro atoms. The molecule has 2 saturated heterocycles. The Bertz CT molecular complexity index is 748. The van der Waals surface area contributed by atoms with Crippen LogP contribution in [0.1, 0.15) is 79.1 Å². The molecule has 2 aliphatic heterocycles. The van der Waals surface area contributed by atoms with Gasteiger partial charge in [-0.3, -0.25) is 0 Å². The highest BCUT2D eigenvalue weighted by Gasteiger charge is 2.72. The Balaban J connectivity index is 1.30. The fraction of sp³-hybridized carbons (Fsp3) is 1.00. The molecule has 5 nitrogen and oxygen atoms in total. The van der Waals surface area contributed by atoms with Crippen molar-refractivity contribution in [3.8, 4) is 0 Å². The molecule has 6 rings (SSSR count). The van der Waals surface area contributed by atoms with Crippen molar-refractivity contribution < 1.29 is 24.8 Å². The summed E-state index contributed by atoms with van der Waals surface area (Å²) >= 11 is 0. The van der Waals surface area contributed by atoms with E-state index in [1.54, 1.807) is 0 Å². The van der Waals surface area contributed by atoms with E-state index in [2.05, 4.69) is 27.7 Å². The molecule has 0 unspecified atom stereocenters. The maximum atomic E-state index is 11.8. The molecule has 5 heteroatoms. The van der Waals surface area contributed by atoms with Crippen molar-refractivity contribution in [2.75, 3.05) is 6.61 Å². The monoisotopic (exact) mass is 448 g/mol. The second-order valence-corrected chi connectivity index (χ2v) is 13.3. The highest BCUT2D eigenvalue weighted by atomic mass is 16.7. The molecular formula is C27H44O5. The molecule has 6 fully saturated rings. The number of fused-ring (bicyclic) bond motifs is 7. The van der Waals surface area contributed by atoms with E-state index in [0.717, 1.165) is 45.1 Å². The molecule has 0 radical (unpaired) electrons. The van der Waals surface area contributed by atoms with Crippen LogP contribution in [0.4, 0.5) is 0 Å². The summed E-state index contributed by atoms with van der Waals surface area (Å²) in [6.45, 7) is 10.2. The number of aliphatic hydroxyl groups is 3. The fourth-order valence-electron chi connectivity index (χ4n) is 10.3. The summed E-state index contributed by atoms with van der Waals surface area (Å²) in [4.78, 5) is 0. The van der Waals surface area contributed by atoms with Crippen LogP contribution < -0.4 is 0 Å². The Hall–Kier alpha value is -0.200. The molecule has 0 aromatic rings. The largest absolute Gasteiger partial charge is 0.390 e. The molecule has 0 amide bonds. The highest BCUT2D eigenvalue weighted by molar-refractivity contribution is 5.18. The topological polar surface area (TPSA) is 79.2 Å². The zero-order valence-corrected chi connectivity index (χ0v) is 20.4. The van der Waals surface area contributed by atoms with Gasteiger partial charge in [-0.2, -0.15) is 0 Å². The van der Waals surface area contributed by atoms with Crippen molar-refractivity contribution >= 4 is 0 Å². The van der Waals surface area contributed by atoms with Crippen LogP contribution in [0, 0.1) is 52.3 Å². The van der Waals surface area contributed by atoms with E-state index in [1.165, 1.54) is 6.42 Å². The van der Waals surface area contributed by atoms with Gasteiger partial charge >= 0.3 is 0 Å². The lowest BCUT2D eigenvalue weighted by Crippen LogP contribution is -2.58. The van der Waals surface area contributed by atoms with Gasteiger partial charge in [0.25, 0.3) is 0 Å². The SMILES string of the molecule is C[C@@H]1CC[C@@]2(OC1)O[C@H]1[C@@H](O)[C@H]3[C@@H]4CC[C@@H]5C[C@@H](O)[C@H](O)C[C@]5(C)[C@H]4CC[C@]3(C)[C@H]1[C@@H]2C. The number of aliphatic hydroxyl groups excluding tert-OH is 3. The highest BCUT2D eigenvalue weighted by Crippen LogP contribution is 2.71. The number of rotatable bonds is 0. The molecule has 0 aromatic carbocycles. The number of ether oxygens (including phenoxy) is 2. The van der Waals surface area contributed by atoms with E-state index >= 15 is 0 Å². The van der Waals surface area contributed by atoms with Gasteiger partial charge in [0.1, 0.15) is 0 Å². The lowest BCUT2D eigenvalue weighted by Gasteiger charge is -2.62. The van der Waals surface area contributed by atoms with E-state index in [-0.39, 0.29) is 22.9 Å². The molecule has 182 valence electrons. The third-order valence-corrected chi connectivity index (χ3v) is 12.0. The minimum Gasteiger partial charge on any atom is -0.390 e. The van der Waals surface area contributed by atoms with Gasteiger partial charge in [-0.05, 0) is 85.4 Å². The van der Waals surface area contributed by atoms with Gasteiger partial charge in [-0.1, -0.05) is 27.7 Å². The van der Waals surface area contributed by atoms with E-state index in [4.69, 9.17) is 9.47 Å². The first kappa shape index (κ1) is 22.3. The average Bonchev–Trinajstić information content (AvgIpc) is 3.15. The van der Waals surface area contributed by atoms with Crippen LogP contribution in [0.15, 0.2) is 0 Å². The molecule has 0 bridgehead atoms. The van der Waals surface area contributed by atoms with E-state index in [9.17, 15) is 15.3 Å². The van der Waals surface area contributed by atoms with Crippen LogP contribution in [-0.4, -0.2) is 52.1 Å². The van der Waals surface area contributed by atoms with Gasteiger partial charge in [0.2, 0.25) is 0 Å². The first-order chi connectivity index (χ1) is 15.1. The summed E-state index contributed by atoms with van der Waals surface area (Å²) in [7, 11) is 0. The van der Waals surface area contributed by atoms with Gasteiger partial charge in [0, 0.05) is 18.3 Å². The van der Waals surface area contributed by atoms with Gasteiger partial charge in [0.05, 0.1) is 31.0 Å². The third kappa shape index (κ3) is 2.75. The summed E-state index contributed by atoms with van der Waals surface area (Å²) in [6.07, 6.45) is 6.33. The van der Waals surface area contributed by atoms with Crippen molar-refractivity contribution in [3.05, 3.63) is 0 Å². The van der Waals surface area contributed by atoms with Crippen LogP contribution in [0.2, 0.25) is 0 Å². The van der Waals surface area contributed by atoms with Crippen LogP contribution >= 0.6 is 0 Å². The molecular weight excluding hydrogens is 404 g/mol. The summed E-state index contributed by atoms with van der Waals surface area (Å²) in [5, 5.41) is 32.7. The van der Waals surface area contributed by atoms with Crippen molar-refractivity contribution in [3.63, 3.8) is 0 Å². The predicted molar refractivity (Wildman–Crippen MR) is 121 cm³/mol. The van der Waals surface area contributed by atoms with Gasteiger partial charge in [-0.25, -0.2) is 0 Å². The van der Waals surface area contributed by atoms with E-state index in [1.807, 2.05) is 0 Å². The minimum atomic E-state index is -0.606. The Morgan fingerprint density at radius 1 is 0.844 bits per heavy atom.